The molecule has 0 saturated carbocycles. The summed E-state index contributed by atoms with van der Waals surface area (Å²) in [6.45, 7) is 3.74. The van der Waals surface area contributed by atoms with E-state index in [1.165, 1.54) is 19.2 Å². The van der Waals surface area contributed by atoms with Gasteiger partial charge >= 0.3 is 5.97 Å². The molecule has 0 spiro atoms. The van der Waals surface area contributed by atoms with Crippen molar-refractivity contribution in [3.63, 3.8) is 0 Å². The number of rotatable bonds is 4. The summed E-state index contributed by atoms with van der Waals surface area (Å²) < 4.78 is 16.7. The Balaban J connectivity index is 1.70. The molecule has 2 atom stereocenters. The molecule has 0 amide bonds. The zero-order chi connectivity index (χ0) is 20.8. The van der Waals surface area contributed by atoms with Crippen LogP contribution in [-0.2, 0) is 27.1 Å². The Hall–Kier alpha value is -2.83. The van der Waals surface area contributed by atoms with Gasteiger partial charge in [0, 0.05) is 25.5 Å². The van der Waals surface area contributed by atoms with E-state index in [1.807, 2.05) is 32.0 Å². The van der Waals surface area contributed by atoms with Crippen molar-refractivity contribution in [2.45, 2.75) is 44.7 Å². The second kappa shape index (κ2) is 7.21. The van der Waals surface area contributed by atoms with E-state index >= 15 is 0 Å². The van der Waals surface area contributed by atoms with E-state index in [0.717, 1.165) is 22.4 Å². The van der Waals surface area contributed by atoms with Crippen LogP contribution in [0.1, 0.15) is 30.5 Å². The summed E-state index contributed by atoms with van der Waals surface area (Å²) in [5.41, 5.74) is 3.11. The summed E-state index contributed by atoms with van der Waals surface area (Å²) in [6.07, 6.45) is -0.403. The van der Waals surface area contributed by atoms with Crippen molar-refractivity contribution in [2.24, 2.45) is 0 Å². The molecule has 2 N–H and O–H groups in total. The van der Waals surface area contributed by atoms with Gasteiger partial charge in [-0.1, -0.05) is 24.3 Å². The van der Waals surface area contributed by atoms with Crippen LogP contribution < -0.4 is 4.74 Å². The number of aromatic hydroxyl groups is 1. The molecule has 0 aromatic heterocycles. The zero-order valence-electron chi connectivity index (χ0n) is 16.6. The number of fused-ring (bicyclic) bond motifs is 1. The van der Waals surface area contributed by atoms with Crippen molar-refractivity contribution in [3.05, 3.63) is 64.7 Å². The number of benzene rings is 2. The van der Waals surface area contributed by atoms with Crippen LogP contribution in [0.25, 0.3) is 5.57 Å². The molecule has 6 nitrogen and oxygen atoms in total. The Kier molecular flexibility index (Phi) is 4.84. The van der Waals surface area contributed by atoms with E-state index in [-0.39, 0.29) is 5.75 Å². The van der Waals surface area contributed by atoms with Gasteiger partial charge in [0.2, 0.25) is 6.29 Å². The van der Waals surface area contributed by atoms with Crippen LogP contribution >= 0.6 is 0 Å². The number of aliphatic hydroxyl groups excluding tert-OH is 1. The van der Waals surface area contributed by atoms with Crippen LogP contribution in [0.15, 0.2) is 48.0 Å². The van der Waals surface area contributed by atoms with Gasteiger partial charge in [-0.05, 0) is 48.7 Å². The molecule has 2 aliphatic rings. The minimum Gasteiger partial charge on any atom is -0.508 e. The Labute approximate surface area is 169 Å². The van der Waals surface area contributed by atoms with Gasteiger partial charge in [-0.25, -0.2) is 4.79 Å². The molecule has 0 fully saturated rings. The van der Waals surface area contributed by atoms with Gasteiger partial charge in [0.25, 0.3) is 0 Å². The number of hydrogen-bond acceptors (Lipinski definition) is 6. The molecule has 6 heteroatoms. The second-order valence-electron chi connectivity index (χ2n) is 7.96. The summed E-state index contributed by atoms with van der Waals surface area (Å²) in [6, 6.07) is 12.3. The molecule has 4 rings (SSSR count). The third-order valence-electron chi connectivity index (χ3n) is 5.50. The van der Waals surface area contributed by atoms with Gasteiger partial charge in [-0.3, -0.25) is 0 Å². The van der Waals surface area contributed by atoms with E-state index in [2.05, 4.69) is 0 Å². The highest BCUT2D eigenvalue weighted by Gasteiger charge is 2.37. The summed E-state index contributed by atoms with van der Waals surface area (Å²) in [4.78, 5) is 12.5. The van der Waals surface area contributed by atoms with Gasteiger partial charge < -0.3 is 24.4 Å². The number of ether oxygens (including phenoxy) is 3. The Bertz CT molecular complexity index is 973. The lowest BCUT2D eigenvalue weighted by Crippen LogP contribution is -2.46. The first-order chi connectivity index (χ1) is 13.8. The topological polar surface area (TPSA) is 85.2 Å². The third kappa shape index (κ3) is 3.61. The predicted molar refractivity (Wildman–Crippen MR) is 106 cm³/mol. The first-order valence-electron chi connectivity index (χ1n) is 9.53. The minimum absolute atomic E-state index is 0.127. The van der Waals surface area contributed by atoms with E-state index in [9.17, 15) is 15.0 Å². The molecule has 0 saturated heterocycles. The highest BCUT2D eigenvalue weighted by molar-refractivity contribution is 6.19. The molecular weight excluding hydrogens is 372 g/mol. The third-order valence-corrected chi connectivity index (χ3v) is 5.50. The van der Waals surface area contributed by atoms with Crippen molar-refractivity contribution in [2.75, 3.05) is 7.11 Å². The number of phenols is 1. The Morgan fingerprint density at radius 3 is 2.59 bits per heavy atom. The van der Waals surface area contributed by atoms with Crippen molar-refractivity contribution >= 4 is 11.5 Å². The fourth-order valence-corrected chi connectivity index (χ4v) is 3.80. The summed E-state index contributed by atoms with van der Waals surface area (Å²) in [7, 11) is 1.50. The van der Waals surface area contributed by atoms with Gasteiger partial charge in [-0.15, -0.1) is 0 Å². The van der Waals surface area contributed by atoms with Crippen LogP contribution in [-0.4, -0.2) is 41.3 Å². The lowest BCUT2D eigenvalue weighted by molar-refractivity contribution is -0.154. The summed E-state index contributed by atoms with van der Waals surface area (Å²) in [5.74, 6) is 0.441. The summed E-state index contributed by atoms with van der Waals surface area (Å²) in [5, 5.41) is 19.9. The standard InChI is InChI=1S/C23H24O6/c1-23(2)19(25)12-15-10-13(4-9-18(15)29-23)11-17-20(21(26)28-22(17)27-3)14-5-7-16(24)8-6-14/h4-10,19,22,24-25H,11-12H2,1-3H3. The number of esters is 1. The molecule has 0 bridgehead atoms. The SMILES string of the molecule is COC1OC(=O)C(c2ccc(O)cc2)=C1Cc1ccc2c(c1)CC(O)C(C)(C)O2. The van der Waals surface area contributed by atoms with Crippen molar-refractivity contribution < 1.29 is 29.2 Å². The Morgan fingerprint density at radius 1 is 1.17 bits per heavy atom. The van der Waals surface area contributed by atoms with Gasteiger partial charge in [0.05, 0.1) is 11.7 Å². The van der Waals surface area contributed by atoms with Crippen molar-refractivity contribution in [3.8, 4) is 11.5 Å². The van der Waals surface area contributed by atoms with E-state index in [0.29, 0.717) is 24.0 Å². The molecular formula is C23H24O6. The van der Waals surface area contributed by atoms with Crippen LogP contribution in [0.2, 0.25) is 0 Å². The molecule has 0 radical (unpaired) electrons. The second-order valence-corrected chi connectivity index (χ2v) is 7.96. The molecule has 0 aliphatic carbocycles. The van der Waals surface area contributed by atoms with E-state index < -0.39 is 24.0 Å². The predicted octanol–water partition coefficient (Wildman–Crippen LogP) is 2.99. The fraction of sp³-hybridized carbons (Fsp3) is 0.348. The number of carbonyl (C=O) groups is 1. The lowest BCUT2D eigenvalue weighted by atomic mass is 9.89. The van der Waals surface area contributed by atoms with E-state index in [4.69, 9.17) is 14.2 Å². The van der Waals surface area contributed by atoms with Gasteiger partial charge in [0.15, 0.2) is 0 Å². The smallest absolute Gasteiger partial charge is 0.341 e. The first kappa shape index (κ1) is 19.5. The maximum absolute atomic E-state index is 12.5. The highest BCUT2D eigenvalue weighted by Crippen LogP contribution is 2.37. The van der Waals surface area contributed by atoms with Crippen molar-refractivity contribution in [1.82, 2.24) is 0 Å². The first-order valence-corrected chi connectivity index (χ1v) is 9.53. The number of hydrogen-bond donors (Lipinski definition) is 2. The van der Waals surface area contributed by atoms with Crippen LogP contribution in [0.5, 0.6) is 11.5 Å². The number of aliphatic hydroxyl groups is 1. The normalized spacial score (nSPS) is 22.8. The Morgan fingerprint density at radius 2 is 1.90 bits per heavy atom. The van der Waals surface area contributed by atoms with Gasteiger partial charge in [0.1, 0.15) is 17.1 Å². The monoisotopic (exact) mass is 396 g/mol. The van der Waals surface area contributed by atoms with Crippen molar-refractivity contribution in [1.29, 1.82) is 0 Å². The van der Waals surface area contributed by atoms with Gasteiger partial charge in [-0.2, -0.15) is 0 Å². The minimum atomic E-state index is -0.761. The highest BCUT2D eigenvalue weighted by atomic mass is 16.7. The van der Waals surface area contributed by atoms with E-state index in [1.54, 1.807) is 12.1 Å². The molecule has 2 heterocycles. The zero-order valence-corrected chi connectivity index (χ0v) is 16.6. The van der Waals surface area contributed by atoms with Crippen LogP contribution in [0.4, 0.5) is 0 Å². The molecule has 152 valence electrons. The average Bonchev–Trinajstić information content (AvgIpc) is 2.99. The quantitative estimate of drug-likeness (QED) is 0.773. The average molecular weight is 396 g/mol. The molecule has 2 aliphatic heterocycles. The number of cyclic esters (lactones) is 1. The number of methoxy groups -OCH3 is 1. The lowest BCUT2D eigenvalue weighted by Gasteiger charge is -2.37. The maximum atomic E-state index is 12.5. The fourth-order valence-electron chi connectivity index (χ4n) is 3.80. The molecule has 2 unspecified atom stereocenters. The largest absolute Gasteiger partial charge is 0.508 e. The molecule has 2 aromatic carbocycles. The van der Waals surface area contributed by atoms with Crippen LogP contribution in [0, 0.1) is 0 Å². The van der Waals surface area contributed by atoms with Crippen LogP contribution in [0.3, 0.4) is 0 Å². The molecule has 2 aromatic rings. The number of phenolic OH excluding ortho intramolecular Hbond substituents is 1. The molecule has 29 heavy (non-hydrogen) atoms. The number of carbonyl (C=O) groups excluding carboxylic acids is 1. The summed E-state index contributed by atoms with van der Waals surface area (Å²) >= 11 is 0. The maximum Gasteiger partial charge on any atom is 0.341 e.